The Morgan fingerprint density at radius 2 is 1.81 bits per heavy atom. The van der Waals surface area contributed by atoms with Crippen LogP contribution in [-0.4, -0.2) is 0 Å². The van der Waals surface area contributed by atoms with Gasteiger partial charge in [-0.15, -0.1) is 0 Å². The van der Waals surface area contributed by atoms with Gasteiger partial charge in [0.05, 0.1) is 6.04 Å². The number of hydrogen-bond donors (Lipinski definition) is 1. The van der Waals surface area contributed by atoms with Crippen molar-refractivity contribution in [2.75, 3.05) is 5.32 Å². The first-order valence-electron chi connectivity index (χ1n) is 9.55. The van der Waals surface area contributed by atoms with Gasteiger partial charge in [-0.25, -0.2) is 0 Å². The van der Waals surface area contributed by atoms with E-state index in [1.54, 1.807) is 0 Å². The second kappa shape index (κ2) is 5.59. The van der Waals surface area contributed by atoms with Crippen molar-refractivity contribution in [3.63, 3.8) is 0 Å². The van der Waals surface area contributed by atoms with Crippen molar-refractivity contribution in [3.05, 3.63) is 86.5 Å². The fourth-order valence-electron chi connectivity index (χ4n) is 5.41. The van der Waals surface area contributed by atoms with Gasteiger partial charge in [0, 0.05) is 15.2 Å². The second-order valence-electron chi connectivity index (χ2n) is 7.86. The Morgan fingerprint density at radius 3 is 2.73 bits per heavy atom. The summed E-state index contributed by atoms with van der Waals surface area (Å²) in [6.45, 7) is 0. The van der Waals surface area contributed by atoms with Crippen molar-refractivity contribution in [1.82, 2.24) is 0 Å². The predicted octanol–water partition coefficient (Wildman–Crippen LogP) is 6.37. The minimum absolute atomic E-state index is 0.382. The smallest absolute Gasteiger partial charge is 0.0560 e. The first-order valence-corrected chi connectivity index (χ1v) is 10.6. The molecule has 3 aliphatic rings. The molecule has 0 bridgehead atoms. The maximum Gasteiger partial charge on any atom is 0.0560 e. The zero-order valence-corrected chi connectivity index (χ0v) is 16.7. The number of allylic oxidation sites excluding steroid dienone is 2. The van der Waals surface area contributed by atoms with Crippen LogP contribution in [0.25, 0.3) is 10.8 Å². The van der Waals surface area contributed by atoms with E-state index >= 15 is 0 Å². The van der Waals surface area contributed by atoms with Crippen molar-refractivity contribution in [2.45, 2.75) is 31.2 Å². The Balaban J connectivity index is 1.55. The number of rotatable bonds is 1. The molecule has 1 nitrogen and oxygen atoms in total. The molecule has 26 heavy (non-hydrogen) atoms. The lowest BCUT2D eigenvalue weighted by atomic mass is 9.76. The van der Waals surface area contributed by atoms with E-state index in [1.165, 1.54) is 55.1 Å². The summed E-state index contributed by atoms with van der Waals surface area (Å²) in [4.78, 5) is 0. The van der Waals surface area contributed by atoms with Crippen LogP contribution >= 0.6 is 22.6 Å². The Kier molecular flexibility index (Phi) is 3.28. The highest BCUT2D eigenvalue weighted by atomic mass is 127. The predicted molar refractivity (Wildman–Crippen MR) is 117 cm³/mol. The zero-order valence-electron chi connectivity index (χ0n) is 14.5. The third-order valence-corrected chi connectivity index (χ3v) is 7.24. The standard InChI is InChI=1S/C24H20IN/c25-16-10-12-22-21(13-16)17-4-2-6-19(17)24(26-22)20-11-9-15-8-7-14-3-1-5-18(20)23(14)15/h1-5,9-13,17,19,24,26H,6-8H2/t17-,19+,24-/m0/s1. The van der Waals surface area contributed by atoms with Crippen LogP contribution in [0.3, 0.4) is 0 Å². The summed E-state index contributed by atoms with van der Waals surface area (Å²) < 4.78 is 1.32. The van der Waals surface area contributed by atoms with E-state index in [9.17, 15) is 0 Å². The van der Waals surface area contributed by atoms with E-state index < -0.39 is 0 Å². The molecule has 128 valence electrons. The zero-order chi connectivity index (χ0) is 17.3. The van der Waals surface area contributed by atoms with E-state index in [-0.39, 0.29) is 0 Å². The number of halogens is 1. The average molecular weight is 449 g/mol. The molecule has 0 aromatic heterocycles. The Hall–Kier alpha value is -1.81. The summed E-state index contributed by atoms with van der Waals surface area (Å²) in [6.07, 6.45) is 8.38. The molecule has 0 spiro atoms. The van der Waals surface area contributed by atoms with Crippen LogP contribution in [0.5, 0.6) is 0 Å². The van der Waals surface area contributed by atoms with Crippen molar-refractivity contribution in [3.8, 4) is 0 Å². The molecule has 2 aliphatic carbocycles. The third kappa shape index (κ3) is 2.08. The van der Waals surface area contributed by atoms with E-state index in [0.717, 1.165) is 6.42 Å². The Labute approximate surface area is 167 Å². The minimum Gasteiger partial charge on any atom is -0.378 e. The highest BCUT2D eigenvalue weighted by molar-refractivity contribution is 14.1. The van der Waals surface area contributed by atoms with Crippen LogP contribution in [0, 0.1) is 9.49 Å². The Morgan fingerprint density at radius 1 is 0.923 bits per heavy atom. The van der Waals surface area contributed by atoms with Crippen LogP contribution in [-0.2, 0) is 12.8 Å². The molecule has 0 saturated heterocycles. The lowest BCUT2D eigenvalue weighted by molar-refractivity contribution is 0.427. The fourth-order valence-corrected chi connectivity index (χ4v) is 5.93. The molecule has 0 amide bonds. The second-order valence-corrected chi connectivity index (χ2v) is 9.11. The van der Waals surface area contributed by atoms with Gasteiger partial charge in [-0.1, -0.05) is 42.5 Å². The number of hydrogen-bond acceptors (Lipinski definition) is 1. The fraction of sp³-hybridized carbons (Fsp3) is 0.250. The van der Waals surface area contributed by atoms with Crippen molar-refractivity contribution < 1.29 is 0 Å². The van der Waals surface area contributed by atoms with E-state index in [1.807, 2.05) is 0 Å². The van der Waals surface area contributed by atoms with Gasteiger partial charge in [0.2, 0.25) is 0 Å². The number of anilines is 1. The molecule has 3 aromatic carbocycles. The number of benzene rings is 3. The van der Waals surface area contributed by atoms with Crippen molar-refractivity contribution in [1.29, 1.82) is 0 Å². The molecule has 0 unspecified atom stereocenters. The SMILES string of the molecule is Ic1ccc2c(c1)[C@H]1C=CC[C@H]1[C@@H](c1ccc3c4c(cccc14)CC3)N2. The summed E-state index contributed by atoms with van der Waals surface area (Å²) in [5.74, 6) is 1.15. The maximum atomic E-state index is 3.92. The highest BCUT2D eigenvalue weighted by Crippen LogP contribution is 2.51. The first kappa shape index (κ1) is 15.3. The maximum absolute atomic E-state index is 3.92. The minimum atomic E-state index is 0.382. The van der Waals surface area contributed by atoms with Gasteiger partial charge in [0.15, 0.2) is 0 Å². The molecule has 3 aromatic rings. The average Bonchev–Trinajstić information content (AvgIpc) is 3.31. The molecule has 2 heteroatoms. The van der Waals surface area contributed by atoms with Gasteiger partial charge in [-0.05, 0) is 99.0 Å². The van der Waals surface area contributed by atoms with E-state index in [0.29, 0.717) is 17.9 Å². The van der Waals surface area contributed by atoms with Gasteiger partial charge < -0.3 is 5.32 Å². The van der Waals surface area contributed by atoms with Gasteiger partial charge in [0.25, 0.3) is 0 Å². The largest absolute Gasteiger partial charge is 0.378 e. The van der Waals surface area contributed by atoms with Crippen LogP contribution in [0.4, 0.5) is 5.69 Å². The van der Waals surface area contributed by atoms with Crippen molar-refractivity contribution >= 4 is 39.1 Å². The van der Waals surface area contributed by atoms with Crippen LogP contribution in [0.15, 0.2) is 60.7 Å². The lowest BCUT2D eigenvalue weighted by Gasteiger charge is -2.38. The normalized spacial score (nSPS) is 25.2. The molecule has 0 radical (unpaired) electrons. The third-order valence-electron chi connectivity index (χ3n) is 6.57. The molecule has 1 aliphatic heterocycles. The number of nitrogens with one attached hydrogen (secondary N) is 1. The lowest BCUT2D eigenvalue weighted by Crippen LogP contribution is -2.29. The summed E-state index contributed by atoms with van der Waals surface area (Å²) in [6, 6.07) is 18.9. The highest BCUT2D eigenvalue weighted by Gasteiger charge is 2.38. The quantitative estimate of drug-likeness (QED) is 0.336. The van der Waals surface area contributed by atoms with Crippen LogP contribution < -0.4 is 5.32 Å². The summed E-state index contributed by atoms with van der Waals surface area (Å²) in [7, 11) is 0. The molecule has 0 saturated carbocycles. The monoisotopic (exact) mass is 449 g/mol. The molecule has 1 N–H and O–H groups in total. The molecule has 3 atom stereocenters. The molecular weight excluding hydrogens is 429 g/mol. The summed E-state index contributed by atoms with van der Waals surface area (Å²) >= 11 is 2.43. The molecule has 1 heterocycles. The Bertz CT molecular complexity index is 1070. The molecule has 0 fully saturated rings. The van der Waals surface area contributed by atoms with Crippen LogP contribution in [0.2, 0.25) is 0 Å². The molecular formula is C24H20IN. The van der Waals surface area contributed by atoms with Gasteiger partial charge >= 0.3 is 0 Å². The van der Waals surface area contributed by atoms with Gasteiger partial charge in [-0.2, -0.15) is 0 Å². The van der Waals surface area contributed by atoms with Crippen LogP contribution in [0.1, 0.15) is 40.6 Å². The first-order chi connectivity index (χ1) is 12.8. The topological polar surface area (TPSA) is 12.0 Å². The van der Waals surface area contributed by atoms with E-state index in [2.05, 4.69) is 88.6 Å². The molecule has 6 rings (SSSR count). The number of aryl methyl sites for hydroxylation is 2. The summed E-state index contributed by atoms with van der Waals surface area (Å²) in [5.41, 5.74) is 7.33. The van der Waals surface area contributed by atoms with Gasteiger partial charge in [-0.3, -0.25) is 0 Å². The van der Waals surface area contributed by atoms with Gasteiger partial charge in [0.1, 0.15) is 0 Å². The number of fused-ring (bicyclic) bond motifs is 3. The van der Waals surface area contributed by atoms with E-state index in [4.69, 9.17) is 0 Å². The summed E-state index contributed by atoms with van der Waals surface area (Å²) in [5, 5.41) is 6.92. The van der Waals surface area contributed by atoms with Crippen molar-refractivity contribution in [2.24, 2.45) is 5.92 Å².